The Balaban J connectivity index is 1.43. The lowest BCUT2D eigenvalue weighted by atomic mass is 9.81. The van der Waals surface area contributed by atoms with Gasteiger partial charge in [-0.3, -0.25) is 9.89 Å². The second kappa shape index (κ2) is 7.56. The molecule has 1 aromatic heterocycles. The average Bonchev–Trinajstić information content (AvgIpc) is 3.17. The van der Waals surface area contributed by atoms with Crippen molar-refractivity contribution in [2.24, 2.45) is 0 Å². The molecule has 150 valence electrons. The van der Waals surface area contributed by atoms with Crippen molar-refractivity contribution >= 4 is 5.91 Å². The molecule has 0 unspecified atom stereocenters. The fraction of sp³-hybridized carbons (Fsp3) is 0.524. The summed E-state index contributed by atoms with van der Waals surface area (Å²) in [6.07, 6.45) is 3.47. The number of hydrogen-bond acceptors (Lipinski definition) is 5. The van der Waals surface area contributed by atoms with Gasteiger partial charge in [-0.2, -0.15) is 5.10 Å². The molecule has 2 atom stereocenters. The molecule has 2 aromatic rings. The summed E-state index contributed by atoms with van der Waals surface area (Å²) in [5.74, 6) is 0.0267. The third kappa shape index (κ3) is 3.64. The second-order valence-corrected chi connectivity index (χ2v) is 7.90. The number of nitrogens with one attached hydrogen (secondary N) is 1. The highest BCUT2D eigenvalue weighted by Crippen LogP contribution is 2.38. The van der Waals surface area contributed by atoms with Crippen molar-refractivity contribution < 1.29 is 19.7 Å². The standard InChI is InChI=1S/C21H27N3O4/c1-2-15-11-14(25)13-21(28-15)7-9-24(10-8-21)20(27)18-12-17(22-23-18)16-5-3-4-6-19(16)26/h3-6,12,14-15,25-26H,2,7-11,13H2,1H3,(H,22,23)/t14-,15+/m1/s1. The Labute approximate surface area is 164 Å². The molecule has 2 saturated heterocycles. The molecule has 0 radical (unpaired) electrons. The lowest BCUT2D eigenvalue weighted by Gasteiger charge is -2.47. The quantitative estimate of drug-likeness (QED) is 0.755. The molecule has 28 heavy (non-hydrogen) atoms. The Hall–Kier alpha value is -2.38. The first-order valence-electron chi connectivity index (χ1n) is 9.98. The molecule has 3 heterocycles. The first-order chi connectivity index (χ1) is 13.5. The summed E-state index contributed by atoms with van der Waals surface area (Å²) in [6.45, 7) is 3.26. The van der Waals surface area contributed by atoms with Crippen molar-refractivity contribution in [2.75, 3.05) is 13.1 Å². The van der Waals surface area contributed by atoms with Crippen LogP contribution in [0.3, 0.4) is 0 Å². The second-order valence-electron chi connectivity index (χ2n) is 7.90. The minimum Gasteiger partial charge on any atom is -0.507 e. The molecule has 2 aliphatic heterocycles. The fourth-order valence-electron chi connectivity index (χ4n) is 4.39. The number of nitrogens with zero attached hydrogens (tertiary/aromatic N) is 2. The van der Waals surface area contributed by atoms with E-state index >= 15 is 0 Å². The highest BCUT2D eigenvalue weighted by atomic mass is 16.5. The molecule has 0 aliphatic carbocycles. The lowest BCUT2D eigenvalue weighted by molar-refractivity contribution is -0.179. The summed E-state index contributed by atoms with van der Waals surface area (Å²) in [5.41, 5.74) is 1.22. The molecule has 0 saturated carbocycles. The number of phenols is 1. The van der Waals surface area contributed by atoms with Crippen molar-refractivity contribution in [1.29, 1.82) is 0 Å². The van der Waals surface area contributed by atoms with Crippen molar-refractivity contribution in [3.05, 3.63) is 36.0 Å². The zero-order valence-corrected chi connectivity index (χ0v) is 16.1. The number of benzene rings is 1. The number of aromatic hydroxyl groups is 1. The van der Waals surface area contributed by atoms with Crippen LogP contribution in [0.5, 0.6) is 5.75 Å². The van der Waals surface area contributed by atoms with E-state index in [0.717, 1.165) is 19.3 Å². The lowest BCUT2D eigenvalue weighted by Crippen LogP contribution is -2.53. The zero-order chi connectivity index (χ0) is 19.7. The molecule has 3 N–H and O–H groups in total. The summed E-state index contributed by atoms with van der Waals surface area (Å²) in [4.78, 5) is 14.7. The van der Waals surface area contributed by atoms with Crippen molar-refractivity contribution in [1.82, 2.24) is 15.1 Å². The molecule has 2 fully saturated rings. The normalized spacial score (nSPS) is 24.4. The van der Waals surface area contributed by atoms with Crippen LogP contribution in [0.2, 0.25) is 0 Å². The number of carbonyl (C=O) groups is 1. The smallest absolute Gasteiger partial charge is 0.271 e. The number of rotatable bonds is 3. The zero-order valence-electron chi connectivity index (χ0n) is 16.1. The number of phenolic OH excluding ortho intramolecular Hbond substituents is 1. The number of aliphatic hydroxyl groups is 1. The van der Waals surface area contributed by atoms with Crippen LogP contribution in [0.25, 0.3) is 11.3 Å². The molecule has 1 amide bonds. The van der Waals surface area contributed by atoms with Crippen LogP contribution in [-0.2, 0) is 4.74 Å². The van der Waals surface area contributed by atoms with Gasteiger partial charge in [0.15, 0.2) is 0 Å². The number of piperidine rings is 1. The predicted molar refractivity (Wildman–Crippen MR) is 104 cm³/mol. The fourth-order valence-corrected chi connectivity index (χ4v) is 4.39. The number of ether oxygens (including phenoxy) is 1. The van der Waals surface area contributed by atoms with Gasteiger partial charge < -0.3 is 19.8 Å². The Morgan fingerprint density at radius 3 is 2.82 bits per heavy atom. The van der Waals surface area contributed by atoms with Crippen molar-refractivity contribution in [2.45, 2.75) is 56.8 Å². The van der Waals surface area contributed by atoms with Crippen LogP contribution in [-0.4, -0.2) is 62.1 Å². The molecular formula is C21H27N3O4. The van der Waals surface area contributed by atoms with E-state index in [1.807, 2.05) is 6.07 Å². The summed E-state index contributed by atoms with van der Waals surface area (Å²) in [6, 6.07) is 8.60. The van der Waals surface area contributed by atoms with Gasteiger partial charge in [0.05, 0.1) is 23.5 Å². The number of carbonyl (C=O) groups excluding carboxylic acids is 1. The van der Waals surface area contributed by atoms with Crippen molar-refractivity contribution in [3.8, 4) is 17.0 Å². The number of H-pyrrole nitrogens is 1. The van der Waals surface area contributed by atoms with E-state index in [2.05, 4.69) is 17.1 Å². The number of aromatic nitrogens is 2. The van der Waals surface area contributed by atoms with Crippen LogP contribution in [0.4, 0.5) is 0 Å². The van der Waals surface area contributed by atoms with Gasteiger partial charge in [-0.05, 0) is 43.9 Å². The van der Waals surface area contributed by atoms with Gasteiger partial charge in [-0.15, -0.1) is 0 Å². The Morgan fingerprint density at radius 2 is 2.11 bits per heavy atom. The van der Waals surface area contributed by atoms with E-state index in [4.69, 9.17) is 4.74 Å². The topological polar surface area (TPSA) is 98.7 Å². The molecule has 2 aliphatic rings. The van der Waals surface area contributed by atoms with Gasteiger partial charge in [0.25, 0.3) is 5.91 Å². The Kier molecular flexibility index (Phi) is 5.12. The monoisotopic (exact) mass is 385 g/mol. The molecule has 4 rings (SSSR count). The van der Waals surface area contributed by atoms with Crippen LogP contribution in [0.15, 0.2) is 30.3 Å². The van der Waals surface area contributed by atoms with Gasteiger partial charge >= 0.3 is 0 Å². The van der Waals surface area contributed by atoms with Crippen LogP contribution < -0.4 is 0 Å². The largest absolute Gasteiger partial charge is 0.507 e. The minimum absolute atomic E-state index is 0.0970. The van der Waals surface area contributed by atoms with Crippen LogP contribution >= 0.6 is 0 Å². The van der Waals surface area contributed by atoms with E-state index < -0.39 is 0 Å². The van der Waals surface area contributed by atoms with Gasteiger partial charge in [0, 0.05) is 25.1 Å². The van der Waals surface area contributed by atoms with Crippen LogP contribution in [0, 0.1) is 0 Å². The summed E-state index contributed by atoms with van der Waals surface area (Å²) in [7, 11) is 0. The SMILES string of the molecule is CC[C@H]1C[C@@H](O)CC2(CCN(C(=O)c3cc(-c4ccccc4O)n[nH]3)CC2)O1. The highest BCUT2D eigenvalue weighted by molar-refractivity contribution is 5.93. The maximum Gasteiger partial charge on any atom is 0.271 e. The number of aromatic amines is 1. The van der Waals surface area contributed by atoms with E-state index in [-0.39, 0.29) is 29.5 Å². The third-order valence-electron chi connectivity index (χ3n) is 5.96. The van der Waals surface area contributed by atoms with Gasteiger partial charge in [0.2, 0.25) is 0 Å². The first kappa shape index (κ1) is 19.0. The number of para-hydroxylation sites is 1. The molecule has 1 spiro atoms. The number of aliphatic hydroxyl groups excluding tert-OH is 1. The molecule has 7 nitrogen and oxygen atoms in total. The van der Waals surface area contributed by atoms with Gasteiger partial charge in [-0.1, -0.05) is 19.1 Å². The summed E-state index contributed by atoms with van der Waals surface area (Å²) < 4.78 is 6.30. The Morgan fingerprint density at radius 1 is 1.36 bits per heavy atom. The van der Waals surface area contributed by atoms with Gasteiger partial charge in [-0.25, -0.2) is 0 Å². The van der Waals surface area contributed by atoms with Crippen molar-refractivity contribution in [3.63, 3.8) is 0 Å². The third-order valence-corrected chi connectivity index (χ3v) is 5.96. The van der Waals surface area contributed by atoms with E-state index in [9.17, 15) is 15.0 Å². The van der Waals surface area contributed by atoms with Crippen LogP contribution in [0.1, 0.15) is 49.5 Å². The maximum atomic E-state index is 12.9. The van der Waals surface area contributed by atoms with E-state index in [0.29, 0.717) is 42.9 Å². The average molecular weight is 385 g/mol. The Bertz CT molecular complexity index is 842. The summed E-state index contributed by atoms with van der Waals surface area (Å²) >= 11 is 0. The molecule has 1 aromatic carbocycles. The molecular weight excluding hydrogens is 358 g/mol. The summed E-state index contributed by atoms with van der Waals surface area (Å²) in [5, 5.41) is 27.2. The minimum atomic E-state index is -0.324. The highest BCUT2D eigenvalue weighted by Gasteiger charge is 2.43. The maximum absolute atomic E-state index is 12.9. The van der Waals surface area contributed by atoms with E-state index in [1.165, 1.54) is 0 Å². The van der Waals surface area contributed by atoms with Gasteiger partial charge in [0.1, 0.15) is 11.4 Å². The number of amides is 1. The predicted octanol–water partition coefficient (Wildman–Crippen LogP) is 2.71. The number of likely N-dealkylation sites (tertiary alicyclic amines) is 1. The number of hydrogen-bond donors (Lipinski definition) is 3. The molecule has 7 heteroatoms. The van der Waals surface area contributed by atoms with E-state index in [1.54, 1.807) is 29.2 Å². The first-order valence-corrected chi connectivity index (χ1v) is 9.98. The molecule has 0 bridgehead atoms.